The van der Waals surface area contributed by atoms with Crippen LogP contribution in [0, 0.1) is 0 Å². The molecule has 21 heavy (non-hydrogen) atoms. The van der Waals surface area contributed by atoms with Gasteiger partial charge < -0.3 is 5.11 Å². The lowest BCUT2D eigenvalue weighted by Crippen LogP contribution is -1.99. The third-order valence-electron chi connectivity index (χ3n) is 4.02. The Balaban J connectivity index is 1.85. The highest BCUT2D eigenvalue weighted by Crippen LogP contribution is 2.25. The molecule has 0 unspecified atom stereocenters. The number of carboxylic acid groups (broad SMARTS) is 1. The molecule has 0 bridgehead atoms. The first-order chi connectivity index (χ1) is 10.2. The standard InChI is InChI=1S/C16H13N3O2/c20-16(21)12-5-7-15-14(9-12)17-18-19(15)13-6-4-10-2-1-3-11(10)8-13/h4-9H,1-3H2,(H,20,21). The Bertz CT molecular complexity index is 867. The number of fused-ring (bicyclic) bond motifs is 2. The van der Waals surface area contributed by atoms with Gasteiger partial charge in [-0.1, -0.05) is 11.3 Å². The number of rotatable bonds is 2. The zero-order valence-corrected chi connectivity index (χ0v) is 11.3. The number of aromatic nitrogens is 3. The Morgan fingerprint density at radius 3 is 2.81 bits per heavy atom. The molecule has 0 spiro atoms. The van der Waals surface area contributed by atoms with E-state index in [2.05, 4.69) is 22.4 Å². The van der Waals surface area contributed by atoms with Crippen LogP contribution in [0.2, 0.25) is 0 Å². The van der Waals surface area contributed by atoms with E-state index in [1.165, 1.54) is 17.5 Å². The zero-order valence-electron chi connectivity index (χ0n) is 11.3. The number of hydrogen-bond acceptors (Lipinski definition) is 3. The minimum atomic E-state index is -0.955. The molecule has 2 aromatic carbocycles. The van der Waals surface area contributed by atoms with E-state index < -0.39 is 5.97 Å². The Morgan fingerprint density at radius 1 is 1.10 bits per heavy atom. The second-order valence-corrected chi connectivity index (χ2v) is 5.32. The van der Waals surface area contributed by atoms with E-state index in [0.29, 0.717) is 5.52 Å². The molecule has 0 amide bonds. The normalized spacial score (nSPS) is 13.5. The molecule has 1 N–H and O–H groups in total. The predicted molar refractivity (Wildman–Crippen MR) is 77.8 cm³/mol. The Kier molecular flexibility index (Phi) is 2.54. The van der Waals surface area contributed by atoms with Gasteiger partial charge in [0.2, 0.25) is 0 Å². The molecule has 1 heterocycles. The number of hydrogen-bond donors (Lipinski definition) is 1. The van der Waals surface area contributed by atoms with Gasteiger partial charge in [-0.25, -0.2) is 9.48 Å². The van der Waals surface area contributed by atoms with Gasteiger partial charge in [-0.15, -0.1) is 5.10 Å². The van der Waals surface area contributed by atoms with Crippen molar-refractivity contribution >= 4 is 17.0 Å². The first-order valence-corrected chi connectivity index (χ1v) is 6.93. The lowest BCUT2D eigenvalue weighted by molar-refractivity contribution is 0.0697. The molecule has 3 aromatic rings. The van der Waals surface area contributed by atoms with Gasteiger partial charge in [0.25, 0.3) is 0 Å². The summed E-state index contributed by atoms with van der Waals surface area (Å²) >= 11 is 0. The lowest BCUT2D eigenvalue weighted by Gasteiger charge is -2.05. The average molecular weight is 279 g/mol. The molecule has 1 aliphatic carbocycles. The van der Waals surface area contributed by atoms with Crippen molar-refractivity contribution in [2.45, 2.75) is 19.3 Å². The molecule has 5 nitrogen and oxygen atoms in total. The SMILES string of the molecule is O=C(O)c1ccc2c(c1)nnn2-c1ccc2c(c1)CCC2. The van der Waals surface area contributed by atoms with Crippen LogP contribution in [0.5, 0.6) is 0 Å². The lowest BCUT2D eigenvalue weighted by atomic mass is 10.1. The number of benzene rings is 2. The minimum absolute atomic E-state index is 0.225. The van der Waals surface area contributed by atoms with E-state index in [9.17, 15) is 4.79 Å². The number of carbonyl (C=O) groups is 1. The maximum atomic E-state index is 11.0. The summed E-state index contributed by atoms with van der Waals surface area (Å²) in [6.45, 7) is 0. The third-order valence-corrected chi connectivity index (χ3v) is 4.02. The summed E-state index contributed by atoms with van der Waals surface area (Å²) < 4.78 is 1.76. The molecule has 4 rings (SSSR count). The van der Waals surface area contributed by atoms with Crippen molar-refractivity contribution in [3.63, 3.8) is 0 Å². The molecule has 0 saturated carbocycles. The van der Waals surface area contributed by atoms with E-state index >= 15 is 0 Å². The van der Waals surface area contributed by atoms with E-state index in [1.54, 1.807) is 22.9 Å². The van der Waals surface area contributed by atoms with Crippen LogP contribution < -0.4 is 0 Å². The van der Waals surface area contributed by atoms with Crippen LogP contribution in [-0.4, -0.2) is 26.1 Å². The van der Waals surface area contributed by atoms with Crippen molar-refractivity contribution in [3.05, 3.63) is 53.1 Å². The van der Waals surface area contributed by atoms with E-state index in [-0.39, 0.29) is 5.56 Å². The molecule has 0 aliphatic heterocycles. The van der Waals surface area contributed by atoms with Gasteiger partial charge in [-0.2, -0.15) is 0 Å². The highest BCUT2D eigenvalue weighted by Gasteiger charge is 2.14. The molecular formula is C16H13N3O2. The summed E-state index contributed by atoms with van der Waals surface area (Å²) in [5, 5.41) is 17.3. The van der Waals surface area contributed by atoms with Crippen molar-refractivity contribution in [1.29, 1.82) is 0 Å². The fraction of sp³-hybridized carbons (Fsp3) is 0.188. The molecular weight excluding hydrogens is 266 g/mol. The number of aryl methyl sites for hydroxylation is 2. The molecule has 0 radical (unpaired) electrons. The second-order valence-electron chi connectivity index (χ2n) is 5.32. The van der Waals surface area contributed by atoms with Crippen molar-refractivity contribution in [3.8, 4) is 5.69 Å². The molecule has 1 aliphatic rings. The van der Waals surface area contributed by atoms with Crippen LogP contribution in [-0.2, 0) is 12.8 Å². The molecule has 104 valence electrons. The maximum absolute atomic E-state index is 11.0. The highest BCUT2D eigenvalue weighted by molar-refractivity contribution is 5.92. The first kappa shape index (κ1) is 12.1. The van der Waals surface area contributed by atoms with Crippen molar-refractivity contribution < 1.29 is 9.90 Å². The van der Waals surface area contributed by atoms with Gasteiger partial charge in [0.15, 0.2) is 0 Å². The average Bonchev–Trinajstić information content (AvgIpc) is 3.12. The van der Waals surface area contributed by atoms with Gasteiger partial charge in [0.1, 0.15) is 5.52 Å². The van der Waals surface area contributed by atoms with E-state index in [0.717, 1.165) is 24.0 Å². The Hall–Kier alpha value is -2.69. The summed E-state index contributed by atoms with van der Waals surface area (Å²) in [5.74, 6) is -0.955. The summed E-state index contributed by atoms with van der Waals surface area (Å²) in [7, 11) is 0. The quantitative estimate of drug-likeness (QED) is 0.783. The minimum Gasteiger partial charge on any atom is -0.478 e. The smallest absolute Gasteiger partial charge is 0.335 e. The van der Waals surface area contributed by atoms with Crippen LogP contribution in [0.3, 0.4) is 0 Å². The molecule has 5 heteroatoms. The van der Waals surface area contributed by atoms with Gasteiger partial charge in [0.05, 0.1) is 16.8 Å². The topological polar surface area (TPSA) is 68.0 Å². The number of nitrogens with zero attached hydrogens (tertiary/aromatic N) is 3. The predicted octanol–water partition coefficient (Wildman–Crippen LogP) is 2.61. The summed E-state index contributed by atoms with van der Waals surface area (Å²) in [6, 6.07) is 11.2. The molecule has 0 atom stereocenters. The van der Waals surface area contributed by atoms with Crippen LogP contribution in [0.4, 0.5) is 0 Å². The Labute approximate surface area is 120 Å². The van der Waals surface area contributed by atoms with Crippen LogP contribution in [0.25, 0.3) is 16.7 Å². The molecule has 0 fully saturated rings. The maximum Gasteiger partial charge on any atom is 0.335 e. The fourth-order valence-electron chi connectivity index (χ4n) is 2.94. The van der Waals surface area contributed by atoms with E-state index in [1.807, 2.05) is 6.07 Å². The van der Waals surface area contributed by atoms with Gasteiger partial charge >= 0.3 is 5.97 Å². The van der Waals surface area contributed by atoms with Gasteiger partial charge in [0, 0.05) is 0 Å². The summed E-state index contributed by atoms with van der Waals surface area (Å²) in [6.07, 6.45) is 3.47. The fourth-order valence-corrected chi connectivity index (χ4v) is 2.94. The van der Waals surface area contributed by atoms with Crippen molar-refractivity contribution in [1.82, 2.24) is 15.0 Å². The molecule has 1 aromatic heterocycles. The largest absolute Gasteiger partial charge is 0.478 e. The molecule has 0 saturated heterocycles. The Morgan fingerprint density at radius 2 is 1.95 bits per heavy atom. The van der Waals surface area contributed by atoms with Crippen LogP contribution in [0.15, 0.2) is 36.4 Å². The van der Waals surface area contributed by atoms with Crippen LogP contribution >= 0.6 is 0 Å². The highest BCUT2D eigenvalue weighted by atomic mass is 16.4. The van der Waals surface area contributed by atoms with Gasteiger partial charge in [-0.05, 0) is 60.7 Å². The monoisotopic (exact) mass is 279 g/mol. The van der Waals surface area contributed by atoms with E-state index in [4.69, 9.17) is 5.11 Å². The number of aromatic carboxylic acids is 1. The zero-order chi connectivity index (χ0) is 14.4. The van der Waals surface area contributed by atoms with Crippen LogP contribution in [0.1, 0.15) is 27.9 Å². The third kappa shape index (κ3) is 1.89. The summed E-state index contributed by atoms with van der Waals surface area (Å²) in [4.78, 5) is 11.0. The van der Waals surface area contributed by atoms with Gasteiger partial charge in [-0.3, -0.25) is 0 Å². The second kappa shape index (κ2) is 4.41. The first-order valence-electron chi connectivity index (χ1n) is 6.93. The van der Waals surface area contributed by atoms with Crippen molar-refractivity contribution in [2.75, 3.05) is 0 Å². The number of carboxylic acids is 1. The van der Waals surface area contributed by atoms with Crippen molar-refractivity contribution in [2.24, 2.45) is 0 Å². The summed E-state index contributed by atoms with van der Waals surface area (Å²) in [5.41, 5.74) is 5.40.